The Kier molecular flexibility index (Phi) is 17.1. The summed E-state index contributed by atoms with van der Waals surface area (Å²) < 4.78 is 5.66. The minimum Gasteiger partial charge on any atom is -0.385 e. The van der Waals surface area contributed by atoms with Crippen LogP contribution < -0.4 is 0 Å². The van der Waals surface area contributed by atoms with Gasteiger partial charge in [-0.3, -0.25) is 4.79 Å². The predicted octanol–water partition coefficient (Wildman–Crippen LogP) is 4.36. The Labute approximate surface area is 150 Å². The highest BCUT2D eigenvalue weighted by Crippen LogP contribution is 2.15. The number of thioether (sulfide) groups is 1. The smallest absolute Gasteiger partial charge is 0.188 e. The number of nitrogens with zero attached hydrogens (tertiary/aromatic N) is 1. The molecule has 0 aliphatic carbocycles. The summed E-state index contributed by atoms with van der Waals surface area (Å²) in [5.41, 5.74) is 0. The molecule has 0 aromatic carbocycles. The van der Waals surface area contributed by atoms with Crippen LogP contribution in [0.3, 0.4) is 0 Å². The predicted molar refractivity (Wildman–Crippen MR) is 107 cm³/mol. The summed E-state index contributed by atoms with van der Waals surface area (Å²) in [5, 5.41) is 0.401. The first-order valence-corrected chi connectivity index (χ1v) is 12.9. The third kappa shape index (κ3) is 16.8. The topological polar surface area (TPSA) is 29.5 Å². The molecule has 1 atom stereocenters. The van der Waals surface area contributed by atoms with Crippen molar-refractivity contribution < 1.29 is 9.53 Å². The Bertz CT molecular complexity index is 278. The Hall–Kier alpha value is 0.157. The first kappa shape index (κ1) is 23.2. The van der Waals surface area contributed by atoms with Crippen molar-refractivity contribution in [3.8, 4) is 0 Å². The van der Waals surface area contributed by atoms with E-state index in [1.807, 2.05) is 0 Å². The molecule has 0 aromatic rings. The lowest BCUT2D eigenvalue weighted by Crippen LogP contribution is -2.26. The van der Waals surface area contributed by atoms with Gasteiger partial charge in [-0.1, -0.05) is 50.4 Å². The fraction of sp³-hybridized carbons (Fsp3) is 0.944. The van der Waals surface area contributed by atoms with Gasteiger partial charge in [-0.15, -0.1) is 0 Å². The number of hydrogen-bond donors (Lipinski definition) is 0. The lowest BCUT2D eigenvalue weighted by Gasteiger charge is -2.17. The minimum atomic E-state index is -0.794. The molecule has 0 spiro atoms. The number of carbonyl (C=O) groups is 1. The summed E-state index contributed by atoms with van der Waals surface area (Å²) in [5.74, 6) is 1.01. The van der Waals surface area contributed by atoms with Crippen molar-refractivity contribution >= 4 is 25.7 Å². The maximum Gasteiger partial charge on any atom is 0.188 e. The molecule has 23 heavy (non-hydrogen) atoms. The molecule has 0 saturated heterocycles. The van der Waals surface area contributed by atoms with Gasteiger partial charge in [0.2, 0.25) is 0 Å². The molecule has 0 amide bonds. The highest BCUT2D eigenvalue weighted by molar-refractivity contribution is 8.13. The van der Waals surface area contributed by atoms with E-state index in [-0.39, 0.29) is 0 Å². The molecule has 138 valence electrons. The van der Waals surface area contributed by atoms with E-state index in [4.69, 9.17) is 4.74 Å². The zero-order chi connectivity index (χ0) is 17.3. The maximum absolute atomic E-state index is 11.9. The zero-order valence-corrected chi connectivity index (χ0v) is 17.9. The fourth-order valence-corrected chi connectivity index (χ4v) is 6.52. The first-order valence-electron chi connectivity index (χ1n) is 9.48. The largest absolute Gasteiger partial charge is 0.385 e. The Morgan fingerprint density at radius 1 is 1.04 bits per heavy atom. The van der Waals surface area contributed by atoms with Crippen LogP contribution in [0.25, 0.3) is 0 Å². The van der Waals surface area contributed by atoms with Crippen LogP contribution in [0, 0.1) is 0 Å². The van der Waals surface area contributed by atoms with Gasteiger partial charge in [0.05, 0.1) is 8.80 Å². The molecule has 0 fully saturated rings. The van der Waals surface area contributed by atoms with Gasteiger partial charge in [-0.25, -0.2) is 0 Å². The van der Waals surface area contributed by atoms with Gasteiger partial charge in [0.1, 0.15) is 0 Å². The van der Waals surface area contributed by atoms with Gasteiger partial charge < -0.3 is 9.64 Å². The standard InChI is InChI=1S/C18H39NO2SSi/c1-5-7-8-9-10-12-18(20)22-14-11-15-23(17-21-6-2)16-13-19(3)4/h23H,5-17H2,1-4H3. The van der Waals surface area contributed by atoms with E-state index in [0.29, 0.717) is 5.12 Å². The summed E-state index contributed by atoms with van der Waals surface area (Å²) in [7, 11) is 3.49. The summed E-state index contributed by atoms with van der Waals surface area (Å²) in [6, 6.07) is 2.63. The van der Waals surface area contributed by atoms with E-state index in [2.05, 4.69) is 32.8 Å². The second kappa shape index (κ2) is 17.0. The molecule has 1 unspecified atom stereocenters. The van der Waals surface area contributed by atoms with Crippen molar-refractivity contribution in [2.45, 2.75) is 70.9 Å². The SMILES string of the molecule is CCCCCCCC(=O)SCCC[SiH](CCN(C)C)COCC. The van der Waals surface area contributed by atoms with Crippen LogP contribution in [-0.4, -0.2) is 58.0 Å². The van der Waals surface area contributed by atoms with E-state index in [1.165, 1.54) is 50.7 Å². The van der Waals surface area contributed by atoms with Gasteiger partial charge in [-0.05, 0) is 46.4 Å². The fourth-order valence-electron chi connectivity index (χ4n) is 2.54. The van der Waals surface area contributed by atoms with Crippen molar-refractivity contribution in [3.63, 3.8) is 0 Å². The van der Waals surface area contributed by atoms with Gasteiger partial charge in [-0.2, -0.15) is 0 Å². The minimum absolute atomic E-state index is 0.401. The lowest BCUT2D eigenvalue weighted by atomic mass is 10.1. The number of ether oxygens (including phenoxy) is 1. The maximum atomic E-state index is 11.9. The van der Waals surface area contributed by atoms with Gasteiger partial charge in [0.25, 0.3) is 0 Å². The third-order valence-electron chi connectivity index (χ3n) is 4.05. The Morgan fingerprint density at radius 3 is 2.43 bits per heavy atom. The molecule has 0 heterocycles. The Morgan fingerprint density at radius 2 is 1.78 bits per heavy atom. The molecule has 0 aliphatic heterocycles. The van der Waals surface area contributed by atoms with Crippen LogP contribution in [0.4, 0.5) is 0 Å². The van der Waals surface area contributed by atoms with Crippen LogP contribution in [-0.2, 0) is 9.53 Å². The van der Waals surface area contributed by atoms with Crippen molar-refractivity contribution in [1.82, 2.24) is 4.90 Å². The third-order valence-corrected chi connectivity index (χ3v) is 8.07. The molecule has 5 heteroatoms. The van der Waals surface area contributed by atoms with Crippen LogP contribution >= 0.6 is 11.8 Å². The van der Waals surface area contributed by atoms with E-state index in [9.17, 15) is 4.79 Å². The molecule has 0 rings (SSSR count). The normalized spacial score (nSPS) is 12.7. The molecule has 0 radical (unpaired) electrons. The number of carbonyl (C=O) groups excluding carboxylic acids is 1. The van der Waals surface area contributed by atoms with Crippen LogP contribution in [0.1, 0.15) is 58.8 Å². The quantitative estimate of drug-likeness (QED) is 0.302. The molecule has 0 saturated carbocycles. The van der Waals surface area contributed by atoms with Gasteiger partial charge >= 0.3 is 0 Å². The average molecular weight is 362 g/mol. The average Bonchev–Trinajstić information content (AvgIpc) is 2.52. The van der Waals surface area contributed by atoms with E-state index >= 15 is 0 Å². The molecule has 0 N–H and O–H groups in total. The van der Waals surface area contributed by atoms with Crippen molar-refractivity contribution in [2.24, 2.45) is 0 Å². The second-order valence-corrected chi connectivity index (χ2v) is 11.0. The molecule has 0 aromatic heterocycles. The Balaban J connectivity index is 3.67. The van der Waals surface area contributed by atoms with Gasteiger partial charge in [0.15, 0.2) is 5.12 Å². The first-order chi connectivity index (χ1) is 11.1. The molecular formula is C18H39NO2SSi. The summed E-state index contributed by atoms with van der Waals surface area (Å²) in [6.07, 6.45) is 9.11. The second-order valence-electron chi connectivity index (χ2n) is 6.64. The van der Waals surface area contributed by atoms with Crippen LogP contribution in [0.15, 0.2) is 0 Å². The van der Waals surface area contributed by atoms with Crippen molar-refractivity contribution in [2.75, 3.05) is 39.2 Å². The summed E-state index contributed by atoms with van der Waals surface area (Å²) >= 11 is 1.56. The van der Waals surface area contributed by atoms with Crippen molar-refractivity contribution in [3.05, 3.63) is 0 Å². The molecule has 0 aliphatic rings. The highest BCUT2D eigenvalue weighted by atomic mass is 32.2. The summed E-state index contributed by atoms with van der Waals surface area (Å²) in [4.78, 5) is 14.1. The van der Waals surface area contributed by atoms with Crippen LogP contribution in [0.5, 0.6) is 0 Å². The molecule has 3 nitrogen and oxygen atoms in total. The summed E-state index contributed by atoms with van der Waals surface area (Å²) in [6.45, 7) is 6.30. The van der Waals surface area contributed by atoms with E-state index < -0.39 is 8.80 Å². The highest BCUT2D eigenvalue weighted by Gasteiger charge is 2.12. The van der Waals surface area contributed by atoms with Crippen molar-refractivity contribution in [1.29, 1.82) is 0 Å². The van der Waals surface area contributed by atoms with E-state index in [1.54, 1.807) is 11.8 Å². The number of hydrogen-bond acceptors (Lipinski definition) is 4. The lowest BCUT2D eigenvalue weighted by molar-refractivity contribution is -0.111. The number of rotatable bonds is 16. The zero-order valence-electron chi connectivity index (χ0n) is 15.9. The van der Waals surface area contributed by atoms with E-state index in [0.717, 1.165) is 31.4 Å². The monoisotopic (exact) mass is 361 g/mol. The molecule has 0 bridgehead atoms. The van der Waals surface area contributed by atoms with Crippen LogP contribution in [0.2, 0.25) is 12.1 Å². The molecular weight excluding hydrogens is 322 g/mol. The van der Waals surface area contributed by atoms with Gasteiger partial charge in [0, 0.05) is 25.0 Å². The number of unbranched alkanes of at least 4 members (excludes halogenated alkanes) is 4.